The molecule has 5 rings (SSSR count). The molecule has 0 amide bonds. The van der Waals surface area contributed by atoms with Gasteiger partial charge in [-0.1, -0.05) is 54.6 Å². The Hall–Kier alpha value is -4.92. The molecule has 0 fully saturated rings. The van der Waals surface area contributed by atoms with Crippen LogP contribution in [0.15, 0.2) is 106 Å². The molecular weight excluding hydrogens is 556 g/mol. The monoisotopic (exact) mass is 584 g/mol. The van der Waals surface area contributed by atoms with Crippen LogP contribution in [-0.4, -0.2) is 45.4 Å². The minimum Gasteiger partial charge on any atom is -0.466 e. The van der Waals surface area contributed by atoms with Crippen molar-refractivity contribution in [1.82, 2.24) is 4.31 Å². The first kappa shape index (κ1) is 28.6. The van der Waals surface area contributed by atoms with Gasteiger partial charge in [-0.3, -0.25) is 4.90 Å². The zero-order valence-corrected chi connectivity index (χ0v) is 23.8. The number of carbonyl (C=O) groups excluding carboxylic acids is 2. The number of hydrogen-bond donors (Lipinski definition) is 1. The third kappa shape index (κ3) is 4.91. The van der Waals surface area contributed by atoms with Gasteiger partial charge in [0.15, 0.2) is 0 Å². The topological polar surface area (TPSA) is 143 Å². The van der Waals surface area contributed by atoms with Crippen LogP contribution in [0.2, 0.25) is 0 Å². The van der Waals surface area contributed by atoms with Gasteiger partial charge in [-0.25, -0.2) is 18.0 Å². The fourth-order valence-electron chi connectivity index (χ4n) is 5.37. The normalized spacial score (nSPS) is 17.4. The highest BCUT2D eigenvalue weighted by molar-refractivity contribution is 7.89. The number of hydrogen-bond acceptors (Lipinski definition) is 9. The molecule has 0 radical (unpaired) electrons. The zero-order chi connectivity index (χ0) is 30.0. The van der Waals surface area contributed by atoms with Gasteiger partial charge in [0, 0.05) is 18.8 Å². The number of sulfonamides is 1. The molecule has 0 aromatic heterocycles. The zero-order valence-electron chi connectivity index (χ0n) is 23.0. The van der Waals surface area contributed by atoms with Gasteiger partial charge in [-0.2, -0.15) is 9.57 Å². The third-order valence-electron chi connectivity index (χ3n) is 7.44. The maximum absolute atomic E-state index is 13.5. The van der Waals surface area contributed by atoms with E-state index in [2.05, 4.69) is 6.07 Å². The molecule has 3 aromatic carbocycles. The number of anilines is 1. The smallest absolute Gasteiger partial charge is 0.355 e. The fourth-order valence-corrected chi connectivity index (χ4v) is 6.79. The average Bonchev–Trinajstić information content (AvgIpc) is 3.03. The molecule has 0 saturated carbocycles. The molecule has 0 saturated heterocycles. The van der Waals surface area contributed by atoms with E-state index in [1.807, 2.05) is 24.3 Å². The molecule has 2 aliphatic heterocycles. The lowest BCUT2D eigenvalue weighted by Crippen LogP contribution is -2.40. The number of methoxy groups -OCH3 is 2. The number of nitriles is 1. The average molecular weight is 585 g/mol. The van der Waals surface area contributed by atoms with Crippen LogP contribution in [0.25, 0.3) is 0 Å². The van der Waals surface area contributed by atoms with Crippen molar-refractivity contribution in [1.29, 1.82) is 5.26 Å². The van der Waals surface area contributed by atoms with E-state index in [0.717, 1.165) is 18.2 Å². The minimum absolute atomic E-state index is 0.0120. The number of ether oxygens (including phenoxy) is 2. The summed E-state index contributed by atoms with van der Waals surface area (Å²) in [6.07, 6.45) is 0.603. The van der Waals surface area contributed by atoms with Crippen LogP contribution in [0.3, 0.4) is 0 Å². The van der Waals surface area contributed by atoms with Crippen LogP contribution in [0.5, 0.6) is 0 Å². The van der Waals surface area contributed by atoms with Crippen molar-refractivity contribution in [3.8, 4) is 6.07 Å². The molecule has 3 aromatic rings. The lowest BCUT2D eigenvalue weighted by Gasteiger charge is -2.36. The predicted molar refractivity (Wildman–Crippen MR) is 154 cm³/mol. The molecule has 2 N–H and O–H groups in total. The van der Waals surface area contributed by atoms with Gasteiger partial charge in [-0.15, -0.1) is 0 Å². The van der Waals surface area contributed by atoms with E-state index >= 15 is 0 Å². The minimum atomic E-state index is -3.85. The van der Waals surface area contributed by atoms with E-state index in [-0.39, 0.29) is 39.8 Å². The van der Waals surface area contributed by atoms with Gasteiger partial charge in [0.2, 0.25) is 10.0 Å². The van der Waals surface area contributed by atoms with Crippen LogP contribution >= 0.6 is 0 Å². The summed E-state index contributed by atoms with van der Waals surface area (Å²) in [7, 11) is -1.52. The summed E-state index contributed by atoms with van der Waals surface area (Å²) in [6, 6.07) is 24.2. The summed E-state index contributed by atoms with van der Waals surface area (Å²) in [5, 5.41) is 10.2. The summed E-state index contributed by atoms with van der Waals surface area (Å²) >= 11 is 0. The first-order valence-corrected chi connectivity index (χ1v) is 14.5. The third-order valence-corrected chi connectivity index (χ3v) is 9.30. The predicted octanol–water partition coefficient (Wildman–Crippen LogP) is 3.33. The van der Waals surface area contributed by atoms with Crippen molar-refractivity contribution in [3.63, 3.8) is 0 Å². The van der Waals surface area contributed by atoms with E-state index in [4.69, 9.17) is 15.2 Å². The number of benzene rings is 3. The Morgan fingerprint density at radius 1 is 0.905 bits per heavy atom. The van der Waals surface area contributed by atoms with Crippen LogP contribution in [-0.2, 0) is 42.1 Å². The van der Waals surface area contributed by atoms with E-state index in [0.29, 0.717) is 18.5 Å². The Morgan fingerprint density at radius 2 is 1.52 bits per heavy atom. The number of carbonyl (C=O) groups is 2. The van der Waals surface area contributed by atoms with E-state index in [1.165, 1.54) is 40.6 Å². The molecule has 0 aliphatic carbocycles. The Balaban J connectivity index is 1.60. The molecular formula is C31H28N4O6S. The van der Waals surface area contributed by atoms with E-state index in [1.54, 1.807) is 30.3 Å². The highest BCUT2D eigenvalue weighted by Crippen LogP contribution is 2.43. The Morgan fingerprint density at radius 3 is 2.14 bits per heavy atom. The molecule has 2 heterocycles. The van der Waals surface area contributed by atoms with Gasteiger partial charge in [0.1, 0.15) is 11.5 Å². The second kappa shape index (κ2) is 11.5. The fraction of sp³-hybridized carbons (Fsp3) is 0.194. The summed E-state index contributed by atoms with van der Waals surface area (Å²) in [5.41, 5.74) is 9.04. The molecule has 2 aliphatic rings. The molecule has 10 nitrogen and oxygen atoms in total. The molecule has 1 unspecified atom stereocenters. The summed E-state index contributed by atoms with van der Waals surface area (Å²) in [4.78, 5) is 27.7. The van der Waals surface area contributed by atoms with Crippen LogP contribution in [0.1, 0.15) is 22.6 Å². The van der Waals surface area contributed by atoms with Gasteiger partial charge in [0.05, 0.1) is 42.2 Å². The number of allylic oxidation sites excluding steroid dienone is 1. The lowest BCUT2D eigenvalue weighted by atomic mass is 9.81. The number of nitrogens with zero attached hydrogens (tertiary/aromatic N) is 3. The maximum atomic E-state index is 13.5. The largest absolute Gasteiger partial charge is 0.466 e. The Bertz CT molecular complexity index is 1760. The van der Waals surface area contributed by atoms with Crippen LogP contribution < -0.4 is 10.6 Å². The van der Waals surface area contributed by atoms with Crippen molar-refractivity contribution >= 4 is 27.6 Å². The standard InChI is InChI=1S/C31H28N4O6S/c1-40-30(36)27-26(21-9-4-3-5-10-21)25(18-32)29(33)35(28(27)31(37)41-2)23-12-14-24(15-13-23)42(38,39)34-17-16-20-8-6-7-11-22(20)19-34/h3-15,26H,16-17,19,33H2,1-2H3. The molecule has 0 bridgehead atoms. The van der Waals surface area contributed by atoms with E-state index < -0.39 is 27.9 Å². The number of esters is 2. The maximum Gasteiger partial charge on any atom is 0.355 e. The van der Waals surface area contributed by atoms with Gasteiger partial charge >= 0.3 is 11.9 Å². The Labute approximate surface area is 243 Å². The van der Waals surface area contributed by atoms with Crippen molar-refractivity contribution in [3.05, 3.63) is 118 Å². The number of rotatable bonds is 6. The van der Waals surface area contributed by atoms with Crippen LogP contribution in [0.4, 0.5) is 5.69 Å². The molecule has 11 heteroatoms. The van der Waals surface area contributed by atoms with Crippen molar-refractivity contribution < 1.29 is 27.5 Å². The first-order valence-electron chi connectivity index (χ1n) is 13.1. The van der Waals surface area contributed by atoms with E-state index in [9.17, 15) is 23.3 Å². The van der Waals surface area contributed by atoms with Gasteiger partial charge in [-0.05, 0) is 47.4 Å². The van der Waals surface area contributed by atoms with Crippen LogP contribution in [0, 0.1) is 11.3 Å². The SMILES string of the molecule is COC(=O)C1=C(C(=O)OC)N(c2ccc(S(=O)(=O)N3CCc4ccccc4C3)cc2)C(N)=C(C#N)C1c1ccccc1. The van der Waals surface area contributed by atoms with Crippen molar-refractivity contribution in [2.24, 2.45) is 5.73 Å². The molecule has 0 spiro atoms. The summed E-state index contributed by atoms with van der Waals surface area (Å²) < 4.78 is 38.6. The lowest BCUT2D eigenvalue weighted by molar-refractivity contribution is -0.139. The highest BCUT2D eigenvalue weighted by Gasteiger charge is 2.43. The molecule has 42 heavy (non-hydrogen) atoms. The number of fused-ring (bicyclic) bond motifs is 1. The molecule has 1 atom stereocenters. The second-order valence-corrected chi connectivity index (χ2v) is 11.6. The highest BCUT2D eigenvalue weighted by atomic mass is 32.2. The quantitative estimate of drug-likeness (QED) is 0.432. The van der Waals surface area contributed by atoms with Crippen molar-refractivity contribution in [2.45, 2.75) is 23.8 Å². The number of nitrogens with two attached hydrogens (primary N) is 1. The summed E-state index contributed by atoms with van der Waals surface area (Å²) in [6.45, 7) is 0.596. The first-order chi connectivity index (χ1) is 20.2. The van der Waals surface area contributed by atoms with Gasteiger partial charge < -0.3 is 15.2 Å². The molecule has 214 valence electrons. The van der Waals surface area contributed by atoms with Gasteiger partial charge in [0.25, 0.3) is 0 Å². The Kier molecular flexibility index (Phi) is 7.85. The summed E-state index contributed by atoms with van der Waals surface area (Å²) in [5.74, 6) is -2.85. The van der Waals surface area contributed by atoms with Crippen molar-refractivity contribution in [2.75, 3.05) is 25.7 Å². The second-order valence-electron chi connectivity index (χ2n) is 9.69.